The van der Waals surface area contributed by atoms with Gasteiger partial charge in [-0.25, -0.2) is 0 Å². The van der Waals surface area contributed by atoms with E-state index in [9.17, 15) is 9.90 Å². The van der Waals surface area contributed by atoms with Gasteiger partial charge in [-0.15, -0.1) is 0 Å². The summed E-state index contributed by atoms with van der Waals surface area (Å²) in [6, 6.07) is 6.37. The highest BCUT2D eigenvalue weighted by atomic mass is 16.3. The van der Waals surface area contributed by atoms with E-state index in [0.717, 1.165) is 51.0 Å². The van der Waals surface area contributed by atoms with Crippen molar-refractivity contribution in [3.05, 3.63) is 29.3 Å². The number of aliphatic hydroxyl groups is 1. The zero-order valence-corrected chi connectivity index (χ0v) is 11.8. The maximum Gasteiger partial charge on any atom is 0.224 e. The van der Waals surface area contributed by atoms with Gasteiger partial charge in [-0.05, 0) is 42.9 Å². The largest absolute Gasteiger partial charge is 0.393 e. The summed E-state index contributed by atoms with van der Waals surface area (Å²) in [5.74, 6) is 0.122. The van der Waals surface area contributed by atoms with Gasteiger partial charge >= 0.3 is 0 Å². The lowest BCUT2D eigenvalue weighted by molar-refractivity contribution is -0.116. The van der Waals surface area contributed by atoms with Gasteiger partial charge in [-0.3, -0.25) is 4.79 Å². The standard InChI is InChI=1S/C16H22N2O2/c19-14-6-9-18(10-7-14)8-5-12-1-3-15-13(11-12)2-4-16(20)17-15/h1,3,11,14,19H,2,4-10H2,(H,17,20). The Hall–Kier alpha value is -1.39. The predicted molar refractivity (Wildman–Crippen MR) is 78.8 cm³/mol. The molecule has 0 bridgehead atoms. The Kier molecular flexibility index (Phi) is 4.03. The second-order valence-corrected chi connectivity index (χ2v) is 5.86. The van der Waals surface area contributed by atoms with Crippen molar-refractivity contribution in [3.8, 4) is 0 Å². The molecule has 20 heavy (non-hydrogen) atoms. The number of amides is 1. The molecule has 2 N–H and O–H groups in total. The summed E-state index contributed by atoms with van der Waals surface area (Å²) < 4.78 is 0. The summed E-state index contributed by atoms with van der Waals surface area (Å²) in [6.07, 6.45) is 4.19. The van der Waals surface area contributed by atoms with Crippen molar-refractivity contribution in [1.82, 2.24) is 4.90 Å². The zero-order chi connectivity index (χ0) is 13.9. The highest BCUT2D eigenvalue weighted by Gasteiger charge is 2.17. The van der Waals surface area contributed by atoms with Crippen molar-refractivity contribution in [3.63, 3.8) is 0 Å². The Balaban J connectivity index is 1.57. The summed E-state index contributed by atoms with van der Waals surface area (Å²) in [7, 11) is 0. The van der Waals surface area contributed by atoms with Gasteiger partial charge in [0, 0.05) is 31.7 Å². The van der Waals surface area contributed by atoms with Gasteiger partial charge in [0.2, 0.25) is 5.91 Å². The van der Waals surface area contributed by atoms with Crippen LogP contribution in [-0.4, -0.2) is 41.7 Å². The lowest BCUT2D eigenvalue weighted by Crippen LogP contribution is -2.37. The molecule has 0 saturated carbocycles. The predicted octanol–water partition coefficient (Wildman–Crippen LogP) is 1.57. The third-order valence-electron chi connectivity index (χ3n) is 4.34. The van der Waals surface area contributed by atoms with E-state index in [1.807, 2.05) is 6.07 Å². The highest BCUT2D eigenvalue weighted by molar-refractivity contribution is 5.93. The van der Waals surface area contributed by atoms with Crippen LogP contribution in [0.15, 0.2) is 18.2 Å². The van der Waals surface area contributed by atoms with Crippen LogP contribution in [0, 0.1) is 0 Å². The topological polar surface area (TPSA) is 52.6 Å². The van der Waals surface area contributed by atoms with Crippen LogP contribution in [-0.2, 0) is 17.6 Å². The van der Waals surface area contributed by atoms with Crippen LogP contribution < -0.4 is 5.32 Å². The Morgan fingerprint density at radius 3 is 2.85 bits per heavy atom. The minimum absolute atomic E-state index is 0.0985. The van der Waals surface area contributed by atoms with Crippen LogP contribution in [0.2, 0.25) is 0 Å². The first-order valence-electron chi connectivity index (χ1n) is 7.53. The van der Waals surface area contributed by atoms with Crippen LogP contribution in [0.5, 0.6) is 0 Å². The number of benzene rings is 1. The molecule has 1 aromatic rings. The Morgan fingerprint density at radius 1 is 1.25 bits per heavy atom. The summed E-state index contributed by atoms with van der Waals surface area (Å²) >= 11 is 0. The molecule has 108 valence electrons. The first-order valence-corrected chi connectivity index (χ1v) is 7.53. The summed E-state index contributed by atoms with van der Waals surface area (Å²) in [5, 5.41) is 12.4. The minimum Gasteiger partial charge on any atom is -0.393 e. The van der Waals surface area contributed by atoms with Crippen molar-refractivity contribution in [2.45, 2.75) is 38.2 Å². The van der Waals surface area contributed by atoms with E-state index in [2.05, 4.69) is 22.3 Å². The maximum atomic E-state index is 11.3. The Bertz CT molecular complexity index is 493. The molecular weight excluding hydrogens is 252 g/mol. The van der Waals surface area contributed by atoms with Crippen molar-refractivity contribution >= 4 is 11.6 Å². The number of hydrogen-bond donors (Lipinski definition) is 2. The third-order valence-corrected chi connectivity index (χ3v) is 4.34. The number of hydrogen-bond acceptors (Lipinski definition) is 3. The van der Waals surface area contributed by atoms with Crippen LogP contribution in [0.1, 0.15) is 30.4 Å². The molecule has 1 fully saturated rings. The number of aliphatic hydroxyl groups excluding tert-OH is 1. The molecule has 4 heteroatoms. The molecule has 2 heterocycles. The number of nitrogens with one attached hydrogen (secondary N) is 1. The molecule has 4 nitrogen and oxygen atoms in total. The molecule has 1 saturated heterocycles. The number of nitrogens with zero attached hydrogens (tertiary/aromatic N) is 1. The number of fused-ring (bicyclic) bond motifs is 1. The van der Waals surface area contributed by atoms with Gasteiger partial charge < -0.3 is 15.3 Å². The van der Waals surface area contributed by atoms with Crippen LogP contribution >= 0.6 is 0 Å². The number of carbonyl (C=O) groups excluding carboxylic acids is 1. The van der Waals surface area contributed by atoms with Crippen molar-refractivity contribution < 1.29 is 9.90 Å². The smallest absolute Gasteiger partial charge is 0.224 e. The average molecular weight is 274 g/mol. The van der Waals surface area contributed by atoms with Gasteiger partial charge in [-0.2, -0.15) is 0 Å². The molecule has 2 aliphatic heterocycles. The van der Waals surface area contributed by atoms with Crippen LogP contribution in [0.4, 0.5) is 5.69 Å². The van der Waals surface area contributed by atoms with Crippen LogP contribution in [0.25, 0.3) is 0 Å². The monoisotopic (exact) mass is 274 g/mol. The minimum atomic E-state index is -0.0985. The molecule has 0 aliphatic carbocycles. The average Bonchev–Trinajstić information content (AvgIpc) is 2.46. The molecule has 0 atom stereocenters. The SMILES string of the molecule is O=C1CCc2cc(CCN3CCC(O)CC3)ccc2N1. The molecule has 0 aromatic heterocycles. The molecular formula is C16H22N2O2. The second-order valence-electron chi connectivity index (χ2n) is 5.86. The van der Waals surface area contributed by atoms with Crippen LogP contribution in [0.3, 0.4) is 0 Å². The van der Waals surface area contributed by atoms with Gasteiger partial charge in [0.15, 0.2) is 0 Å². The van der Waals surface area contributed by atoms with E-state index in [1.165, 1.54) is 11.1 Å². The summed E-state index contributed by atoms with van der Waals surface area (Å²) in [5.41, 5.74) is 3.58. The normalized spacial score (nSPS) is 20.6. The molecule has 2 aliphatic rings. The van der Waals surface area contributed by atoms with E-state index >= 15 is 0 Å². The molecule has 3 rings (SSSR count). The summed E-state index contributed by atoms with van der Waals surface area (Å²) in [4.78, 5) is 13.8. The molecule has 1 amide bonds. The lowest BCUT2D eigenvalue weighted by Gasteiger charge is -2.29. The van der Waals surface area contributed by atoms with Gasteiger partial charge in [-0.1, -0.05) is 12.1 Å². The fourth-order valence-electron chi connectivity index (χ4n) is 3.02. The van der Waals surface area contributed by atoms with Gasteiger partial charge in [0.05, 0.1) is 6.10 Å². The second kappa shape index (κ2) is 5.94. The highest BCUT2D eigenvalue weighted by Crippen LogP contribution is 2.24. The van der Waals surface area contributed by atoms with E-state index in [0.29, 0.717) is 6.42 Å². The number of piperidine rings is 1. The number of likely N-dealkylation sites (tertiary alicyclic amines) is 1. The number of aryl methyl sites for hydroxylation is 1. The van der Waals surface area contributed by atoms with Crippen molar-refractivity contribution in [1.29, 1.82) is 0 Å². The number of rotatable bonds is 3. The summed E-state index contributed by atoms with van der Waals surface area (Å²) in [6.45, 7) is 3.06. The van der Waals surface area contributed by atoms with E-state index in [4.69, 9.17) is 0 Å². The van der Waals surface area contributed by atoms with Gasteiger partial charge in [0.1, 0.15) is 0 Å². The van der Waals surface area contributed by atoms with Crippen molar-refractivity contribution in [2.24, 2.45) is 0 Å². The Labute approximate surface area is 119 Å². The molecule has 0 radical (unpaired) electrons. The Morgan fingerprint density at radius 2 is 2.05 bits per heavy atom. The van der Waals surface area contributed by atoms with E-state index in [-0.39, 0.29) is 12.0 Å². The fraction of sp³-hybridized carbons (Fsp3) is 0.562. The van der Waals surface area contributed by atoms with E-state index in [1.54, 1.807) is 0 Å². The maximum absolute atomic E-state index is 11.3. The molecule has 0 spiro atoms. The third kappa shape index (κ3) is 3.19. The first-order chi connectivity index (χ1) is 9.70. The van der Waals surface area contributed by atoms with Gasteiger partial charge in [0.25, 0.3) is 0 Å². The lowest BCUT2D eigenvalue weighted by atomic mass is 9.99. The fourth-order valence-corrected chi connectivity index (χ4v) is 3.02. The van der Waals surface area contributed by atoms with Crippen molar-refractivity contribution in [2.75, 3.05) is 25.0 Å². The number of anilines is 1. The molecule has 1 aromatic carbocycles. The number of carbonyl (C=O) groups is 1. The van der Waals surface area contributed by atoms with E-state index < -0.39 is 0 Å². The first kappa shape index (κ1) is 13.6. The quantitative estimate of drug-likeness (QED) is 0.879. The molecule has 0 unspecified atom stereocenters. The zero-order valence-electron chi connectivity index (χ0n) is 11.8.